The van der Waals surface area contributed by atoms with Gasteiger partial charge in [0, 0.05) is 10.6 Å². The molecule has 6 nitrogen and oxygen atoms in total. The second-order valence-corrected chi connectivity index (χ2v) is 9.34. The molecule has 0 saturated heterocycles. The van der Waals surface area contributed by atoms with Crippen LogP contribution in [0.15, 0.2) is 77.9 Å². The number of hydrogen-bond donors (Lipinski definition) is 1. The number of nitrogens with one attached hydrogen (secondary N) is 1. The summed E-state index contributed by atoms with van der Waals surface area (Å²) in [6, 6.07) is 21.0. The molecule has 1 N–H and O–H groups in total. The minimum Gasteiger partial charge on any atom is -0.267 e. The first-order valence-electron chi connectivity index (χ1n) is 9.45. The van der Waals surface area contributed by atoms with Crippen LogP contribution < -0.4 is 9.73 Å². The van der Waals surface area contributed by atoms with Crippen molar-refractivity contribution in [2.45, 2.75) is 13.5 Å². The van der Waals surface area contributed by atoms with Crippen LogP contribution in [0, 0.1) is 6.92 Å². The lowest BCUT2D eigenvalue weighted by Gasteiger charge is -2.23. The quantitative estimate of drug-likeness (QED) is 0.424. The molecule has 3 rings (SSSR count). The van der Waals surface area contributed by atoms with E-state index in [1.54, 1.807) is 54.7 Å². The SMILES string of the molecule is Cc1cccc(/C=N\NC(=O)c2ccc(N(Cc3ccccc3Cl)S(C)(=O)=O)cc2)c1. The maximum absolute atomic E-state index is 12.4. The number of amides is 1. The summed E-state index contributed by atoms with van der Waals surface area (Å²) in [6.07, 6.45) is 2.69. The van der Waals surface area contributed by atoms with Gasteiger partial charge in [-0.3, -0.25) is 9.10 Å². The van der Waals surface area contributed by atoms with Gasteiger partial charge in [0.25, 0.3) is 5.91 Å². The number of sulfonamides is 1. The molecular formula is C23H22ClN3O3S. The van der Waals surface area contributed by atoms with Crippen molar-refractivity contribution in [3.8, 4) is 0 Å². The normalized spacial score (nSPS) is 11.5. The summed E-state index contributed by atoms with van der Waals surface area (Å²) in [5, 5.41) is 4.46. The molecule has 0 saturated carbocycles. The van der Waals surface area contributed by atoms with Gasteiger partial charge < -0.3 is 0 Å². The highest BCUT2D eigenvalue weighted by Crippen LogP contribution is 2.24. The second kappa shape index (κ2) is 9.76. The average molecular weight is 456 g/mol. The summed E-state index contributed by atoms with van der Waals surface area (Å²) >= 11 is 6.19. The third kappa shape index (κ3) is 6.16. The van der Waals surface area contributed by atoms with E-state index in [-0.39, 0.29) is 6.54 Å². The molecule has 31 heavy (non-hydrogen) atoms. The van der Waals surface area contributed by atoms with Crippen LogP contribution >= 0.6 is 11.6 Å². The van der Waals surface area contributed by atoms with Crippen molar-refractivity contribution in [2.24, 2.45) is 5.10 Å². The molecule has 0 aliphatic carbocycles. The number of aryl methyl sites for hydroxylation is 1. The molecule has 0 spiro atoms. The topological polar surface area (TPSA) is 78.8 Å². The van der Waals surface area contributed by atoms with Crippen LogP contribution in [0.4, 0.5) is 5.69 Å². The van der Waals surface area contributed by atoms with E-state index in [1.165, 1.54) is 4.31 Å². The third-order valence-corrected chi connectivity index (χ3v) is 6.02. The highest BCUT2D eigenvalue weighted by atomic mass is 35.5. The highest BCUT2D eigenvalue weighted by molar-refractivity contribution is 7.92. The van der Waals surface area contributed by atoms with Crippen molar-refractivity contribution in [2.75, 3.05) is 10.6 Å². The molecule has 0 atom stereocenters. The first-order valence-corrected chi connectivity index (χ1v) is 11.7. The molecule has 0 aliphatic heterocycles. The fourth-order valence-electron chi connectivity index (χ4n) is 2.94. The fourth-order valence-corrected chi connectivity index (χ4v) is 4.01. The summed E-state index contributed by atoms with van der Waals surface area (Å²) in [6.45, 7) is 2.06. The molecule has 0 aromatic heterocycles. The van der Waals surface area contributed by atoms with Gasteiger partial charge in [-0.15, -0.1) is 0 Å². The molecular weight excluding hydrogens is 434 g/mol. The van der Waals surface area contributed by atoms with Crippen molar-refractivity contribution >= 4 is 39.4 Å². The number of carbonyl (C=O) groups is 1. The summed E-state index contributed by atoms with van der Waals surface area (Å²) in [5.41, 5.74) is 5.92. The second-order valence-electron chi connectivity index (χ2n) is 7.02. The summed E-state index contributed by atoms with van der Waals surface area (Å²) in [7, 11) is -3.56. The number of nitrogens with zero attached hydrogens (tertiary/aromatic N) is 2. The van der Waals surface area contributed by atoms with E-state index in [0.717, 1.165) is 17.4 Å². The third-order valence-electron chi connectivity index (χ3n) is 4.51. The van der Waals surface area contributed by atoms with Gasteiger partial charge >= 0.3 is 0 Å². The van der Waals surface area contributed by atoms with Crippen molar-refractivity contribution in [1.82, 2.24) is 5.43 Å². The zero-order valence-corrected chi connectivity index (χ0v) is 18.7. The Morgan fingerprint density at radius 2 is 1.77 bits per heavy atom. The van der Waals surface area contributed by atoms with Crippen LogP contribution in [0.1, 0.15) is 27.0 Å². The number of halogens is 1. The number of hydrogen-bond acceptors (Lipinski definition) is 4. The van der Waals surface area contributed by atoms with E-state index in [9.17, 15) is 13.2 Å². The lowest BCUT2D eigenvalue weighted by Crippen LogP contribution is -2.29. The number of carbonyl (C=O) groups excluding carboxylic acids is 1. The molecule has 0 heterocycles. The standard InChI is InChI=1S/C23H22ClN3O3S/c1-17-6-5-7-18(14-17)15-25-26-23(28)19-10-12-21(13-11-19)27(31(2,29)30)16-20-8-3-4-9-22(20)24/h3-15H,16H2,1-2H3,(H,26,28)/b25-15-. The number of benzene rings is 3. The largest absolute Gasteiger partial charge is 0.271 e. The molecule has 1 amide bonds. The number of anilines is 1. The Morgan fingerprint density at radius 3 is 2.42 bits per heavy atom. The monoisotopic (exact) mass is 455 g/mol. The molecule has 0 aliphatic rings. The van der Waals surface area contributed by atoms with Gasteiger partial charge in [0.15, 0.2) is 0 Å². The molecule has 3 aromatic rings. The Hall–Kier alpha value is -3.16. The zero-order valence-electron chi connectivity index (χ0n) is 17.1. The Bertz CT molecular complexity index is 1210. The van der Waals surface area contributed by atoms with Gasteiger partial charge in [0.1, 0.15) is 0 Å². The van der Waals surface area contributed by atoms with E-state index >= 15 is 0 Å². The van der Waals surface area contributed by atoms with Crippen molar-refractivity contribution in [3.63, 3.8) is 0 Å². The zero-order chi connectivity index (χ0) is 22.4. The minimum absolute atomic E-state index is 0.0881. The highest BCUT2D eigenvalue weighted by Gasteiger charge is 2.19. The van der Waals surface area contributed by atoms with Crippen LogP contribution in [0.25, 0.3) is 0 Å². The average Bonchev–Trinajstić information content (AvgIpc) is 2.72. The molecule has 0 radical (unpaired) electrons. The first kappa shape index (κ1) is 22.5. The molecule has 0 fully saturated rings. The van der Waals surface area contributed by atoms with Gasteiger partial charge in [-0.2, -0.15) is 5.10 Å². The lowest BCUT2D eigenvalue weighted by atomic mass is 10.1. The molecule has 160 valence electrons. The molecule has 8 heteroatoms. The van der Waals surface area contributed by atoms with E-state index in [2.05, 4.69) is 10.5 Å². The van der Waals surface area contributed by atoms with E-state index in [4.69, 9.17) is 11.6 Å². The predicted octanol–water partition coefficient (Wildman–Crippen LogP) is 4.38. The fraction of sp³-hybridized carbons (Fsp3) is 0.130. The van der Waals surface area contributed by atoms with Gasteiger partial charge in [0.05, 0.1) is 24.7 Å². The van der Waals surface area contributed by atoms with Gasteiger partial charge in [-0.05, 0) is 48.4 Å². The van der Waals surface area contributed by atoms with Crippen molar-refractivity contribution in [3.05, 3.63) is 100 Å². The lowest BCUT2D eigenvalue weighted by molar-refractivity contribution is 0.0955. The Kier molecular flexibility index (Phi) is 7.09. The molecule has 0 unspecified atom stereocenters. The van der Waals surface area contributed by atoms with Gasteiger partial charge in [-0.25, -0.2) is 13.8 Å². The van der Waals surface area contributed by atoms with Crippen LogP contribution in [0.5, 0.6) is 0 Å². The van der Waals surface area contributed by atoms with Gasteiger partial charge in [0.2, 0.25) is 10.0 Å². The van der Waals surface area contributed by atoms with E-state index < -0.39 is 15.9 Å². The van der Waals surface area contributed by atoms with Crippen LogP contribution in [0.3, 0.4) is 0 Å². The van der Waals surface area contributed by atoms with Crippen molar-refractivity contribution < 1.29 is 13.2 Å². The number of rotatable bonds is 7. The summed E-state index contributed by atoms with van der Waals surface area (Å²) in [5.74, 6) is -0.396. The van der Waals surface area contributed by atoms with E-state index in [1.807, 2.05) is 31.2 Å². The first-order chi connectivity index (χ1) is 14.7. The van der Waals surface area contributed by atoms with Crippen molar-refractivity contribution in [1.29, 1.82) is 0 Å². The van der Waals surface area contributed by atoms with E-state index in [0.29, 0.717) is 21.8 Å². The van der Waals surface area contributed by atoms with Crippen LogP contribution in [-0.4, -0.2) is 26.8 Å². The summed E-state index contributed by atoms with van der Waals surface area (Å²) in [4.78, 5) is 12.3. The Morgan fingerprint density at radius 1 is 1.06 bits per heavy atom. The van der Waals surface area contributed by atoms with Crippen LogP contribution in [0.2, 0.25) is 5.02 Å². The molecule has 0 bridgehead atoms. The Balaban J connectivity index is 1.73. The summed E-state index contributed by atoms with van der Waals surface area (Å²) < 4.78 is 25.9. The van der Waals surface area contributed by atoms with Crippen LogP contribution in [-0.2, 0) is 16.6 Å². The minimum atomic E-state index is -3.56. The molecule has 3 aromatic carbocycles. The maximum Gasteiger partial charge on any atom is 0.271 e. The maximum atomic E-state index is 12.4. The predicted molar refractivity (Wildman–Crippen MR) is 125 cm³/mol. The Labute approximate surface area is 187 Å². The smallest absolute Gasteiger partial charge is 0.267 e. The van der Waals surface area contributed by atoms with Gasteiger partial charge in [-0.1, -0.05) is 59.6 Å². The number of hydrazone groups is 1.